The van der Waals surface area contributed by atoms with E-state index in [2.05, 4.69) is 0 Å². The highest BCUT2D eigenvalue weighted by atomic mass is 16.4. The van der Waals surface area contributed by atoms with Gasteiger partial charge < -0.3 is 10.0 Å². The molecular formula is C9H13NO3. The molecule has 72 valence electrons. The van der Waals surface area contributed by atoms with Crippen molar-refractivity contribution in [3.05, 3.63) is 0 Å². The van der Waals surface area contributed by atoms with Gasteiger partial charge in [0, 0.05) is 13.1 Å². The number of carboxylic acid groups (broad SMARTS) is 1. The van der Waals surface area contributed by atoms with Gasteiger partial charge in [-0.25, -0.2) is 0 Å². The van der Waals surface area contributed by atoms with E-state index in [4.69, 9.17) is 5.11 Å². The van der Waals surface area contributed by atoms with Gasteiger partial charge in [0.2, 0.25) is 5.91 Å². The molecule has 1 aliphatic carbocycles. The molecule has 0 radical (unpaired) electrons. The van der Waals surface area contributed by atoms with E-state index >= 15 is 0 Å². The average Bonchev–Trinajstić information content (AvgIpc) is 2.72. The zero-order chi connectivity index (χ0) is 9.42. The van der Waals surface area contributed by atoms with Crippen molar-refractivity contribution < 1.29 is 14.7 Å². The molecule has 1 aliphatic heterocycles. The predicted octanol–water partition coefficient (Wildman–Crippen LogP) is 0.329. The summed E-state index contributed by atoms with van der Waals surface area (Å²) in [6, 6.07) is 0. The van der Waals surface area contributed by atoms with Gasteiger partial charge in [0.25, 0.3) is 0 Å². The highest BCUT2D eigenvalue weighted by molar-refractivity contribution is 5.89. The summed E-state index contributed by atoms with van der Waals surface area (Å²) >= 11 is 0. The van der Waals surface area contributed by atoms with Crippen molar-refractivity contribution in [2.75, 3.05) is 13.1 Å². The lowest BCUT2D eigenvalue weighted by Crippen LogP contribution is -2.30. The maximum Gasteiger partial charge on any atom is 0.307 e. The van der Waals surface area contributed by atoms with E-state index in [1.807, 2.05) is 0 Å². The van der Waals surface area contributed by atoms with Gasteiger partial charge in [-0.05, 0) is 19.3 Å². The van der Waals surface area contributed by atoms with Gasteiger partial charge in [-0.15, -0.1) is 0 Å². The third-order valence-corrected chi connectivity index (χ3v) is 2.84. The van der Waals surface area contributed by atoms with E-state index in [1.54, 1.807) is 4.90 Å². The van der Waals surface area contributed by atoms with Gasteiger partial charge in [-0.2, -0.15) is 0 Å². The number of aliphatic carboxylic acids is 1. The van der Waals surface area contributed by atoms with Crippen molar-refractivity contribution >= 4 is 11.9 Å². The molecule has 0 spiro atoms. The number of carboxylic acids is 1. The topological polar surface area (TPSA) is 57.6 Å². The highest BCUT2D eigenvalue weighted by Gasteiger charge is 2.49. The summed E-state index contributed by atoms with van der Waals surface area (Å²) in [5.41, 5.74) is 0. The summed E-state index contributed by atoms with van der Waals surface area (Å²) in [6.07, 6.45) is 2.68. The van der Waals surface area contributed by atoms with Crippen molar-refractivity contribution in [1.82, 2.24) is 4.90 Å². The lowest BCUT2D eigenvalue weighted by Gasteiger charge is -2.14. The maximum atomic E-state index is 11.6. The summed E-state index contributed by atoms with van der Waals surface area (Å²) < 4.78 is 0. The molecule has 1 amide bonds. The molecule has 2 fully saturated rings. The summed E-state index contributed by atoms with van der Waals surface area (Å²) in [5, 5.41) is 8.64. The van der Waals surface area contributed by atoms with Crippen LogP contribution in [0.1, 0.15) is 19.3 Å². The number of carbonyl (C=O) groups is 2. The quantitative estimate of drug-likeness (QED) is 0.671. The van der Waals surface area contributed by atoms with Crippen LogP contribution in [-0.2, 0) is 9.59 Å². The second-order valence-electron chi connectivity index (χ2n) is 3.82. The third-order valence-electron chi connectivity index (χ3n) is 2.84. The Morgan fingerprint density at radius 1 is 1.15 bits per heavy atom. The average molecular weight is 183 g/mol. The van der Waals surface area contributed by atoms with E-state index in [0.717, 1.165) is 25.9 Å². The molecule has 1 N–H and O–H groups in total. The lowest BCUT2D eigenvalue weighted by atomic mass is 10.3. The molecule has 2 atom stereocenters. The molecule has 2 aliphatic rings. The van der Waals surface area contributed by atoms with Crippen LogP contribution in [0.3, 0.4) is 0 Å². The largest absolute Gasteiger partial charge is 0.481 e. The van der Waals surface area contributed by atoms with Crippen LogP contribution in [0.4, 0.5) is 0 Å². The number of hydrogen-bond acceptors (Lipinski definition) is 2. The van der Waals surface area contributed by atoms with Crippen molar-refractivity contribution in [2.24, 2.45) is 11.8 Å². The molecule has 1 heterocycles. The first-order valence-corrected chi connectivity index (χ1v) is 4.72. The Bertz CT molecular complexity index is 245. The third kappa shape index (κ3) is 1.53. The van der Waals surface area contributed by atoms with Crippen molar-refractivity contribution in [2.45, 2.75) is 19.3 Å². The first-order chi connectivity index (χ1) is 6.20. The van der Waals surface area contributed by atoms with Crippen LogP contribution in [0, 0.1) is 11.8 Å². The van der Waals surface area contributed by atoms with Crippen LogP contribution in [0.5, 0.6) is 0 Å². The fourth-order valence-electron chi connectivity index (χ4n) is 1.91. The smallest absolute Gasteiger partial charge is 0.307 e. The standard InChI is InChI=1S/C9H13NO3/c11-8(10-3-1-2-4-10)6-5-7(6)9(12)13/h6-7H,1-5H2,(H,12,13)/t6-,7+/m1/s1. The van der Waals surface area contributed by atoms with Crippen LogP contribution >= 0.6 is 0 Å². The van der Waals surface area contributed by atoms with Gasteiger partial charge in [-0.1, -0.05) is 0 Å². The van der Waals surface area contributed by atoms with E-state index in [1.165, 1.54) is 0 Å². The molecule has 4 nitrogen and oxygen atoms in total. The molecule has 0 bridgehead atoms. The Morgan fingerprint density at radius 3 is 2.23 bits per heavy atom. The summed E-state index contributed by atoms with van der Waals surface area (Å²) in [5.74, 6) is -1.37. The second kappa shape index (κ2) is 3.01. The Labute approximate surface area is 76.5 Å². The molecule has 2 rings (SSSR count). The van der Waals surface area contributed by atoms with E-state index in [0.29, 0.717) is 6.42 Å². The summed E-state index contributed by atoms with van der Waals surface area (Å²) in [6.45, 7) is 1.64. The highest BCUT2D eigenvalue weighted by Crippen LogP contribution is 2.40. The second-order valence-corrected chi connectivity index (χ2v) is 3.82. The number of carbonyl (C=O) groups excluding carboxylic acids is 1. The Hall–Kier alpha value is -1.06. The van der Waals surface area contributed by atoms with Crippen LogP contribution in [0.15, 0.2) is 0 Å². The van der Waals surface area contributed by atoms with E-state index < -0.39 is 11.9 Å². The first kappa shape index (κ1) is 8.53. The van der Waals surface area contributed by atoms with Gasteiger partial charge in [0.15, 0.2) is 0 Å². The number of hydrogen-bond donors (Lipinski definition) is 1. The van der Waals surface area contributed by atoms with Gasteiger partial charge in [-0.3, -0.25) is 9.59 Å². The van der Waals surface area contributed by atoms with Gasteiger partial charge in [0.05, 0.1) is 11.8 Å². The fraction of sp³-hybridized carbons (Fsp3) is 0.778. The molecule has 0 aromatic rings. The summed E-state index contributed by atoms with van der Waals surface area (Å²) in [7, 11) is 0. The van der Waals surface area contributed by atoms with Crippen LogP contribution < -0.4 is 0 Å². The molecule has 0 aromatic carbocycles. The number of amides is 1. The van der Waals surface area contributed by atoms with E-state index in [9.17, 15) is 9.59 Å². The summed E-state index contributed by atoms with van der Waals surface area (Å²) in [4.78, 5) is 23.9. The molecule has 1 saturated carbocycles. The molecule has 0 aromatic heterocycles. The number of likely N-dealkylation sites (tertiary alicyclic amines) is 1. The SMILES string of the molecule is O=C(O)[C@H]1C[C@H]1C(=O)N1CCCC1. The zero-order valence-electron chi connectivity index (χ0n) is 7.40. The normalized spacial score (nSPS) is 31.8. The minimum Gasteiger partial charge on any atom is -0.481 e. The molecule has 4 heteroatoms. The minimum absolute atomic E-state index is 0.0601. The molecule has 0 unspecified atom stereocenters. The minimum atomic E-state index is -0.822. The lowest BCUT2D eigenvalue weighted by molar-refractivity contribution is -0.141. The van der Waals surface area contributed by atoms with Crippen molar-refractivity contribution in [3.8, 4) is 0 Å². The van der Waals surface area contributed by atoms with Crippen LogP contribution in [0.2, 0.25) is 0 Å². The Kier molecular flexibility index (Phi) is 1.98. The Morgan fingerprint density at radius 2 is 1.77 bits per heavy atom. The Balaban J connectivity index is 1.89. The zero-order valence-corrected chi connectivity index (χ0v) is 7.40. The fourth-order valence-corrected chi connectivity index (χ4v) is 1.91. The first-order valence-electron chi connectivity index (χ1n) is 4.72. The predicted molar refractivity (Wildman–Crippen MR) is 45.0 cm³/mol. The molecular weight excluding hydrogens is 170 g/mol. The van der Waals surface area contributed by atoms with Crippen LogP contribution in [0.25, 0.3) is 0 Å². The molecule has 1 saturated heterocycles. The van der Waals surface area contributed by atoms with Crippen molar-refractivity contribution in [1.29, 1.82) is 0 Å². The van der Waals surface area contributed by atoms with Gasteiger partial charge in [0.1, 0.15) is 0 Å². The maximum absolute atomic E-state index is 11.6. The van der Waals surface area contributed by atoms with Crippen molar-refractivity contribution in [3.63, 3.8) is 0 Å². The number of nitrogens with zero attached hydrogens (tertiary/aromatic N) is 1. The number of rotatable bonds is 2. The monoisotopic (exact) mass is 183 g/mol. The molecule has 13 heavy (non-hydrogen) atoms. The van der Waals surface area contributed by atoms with E-state index in [-0.39, 0.29) is 11.8 Å². The van der Waals surface area contributed by atoms with Gasteiger partial charge >= 0.3 is 5.97 Å². The van der Waals surface area contributed by atoms with Crippen LogP contribution in [-0.4, -0.2) is 35.0 Å².